The highest BCUT2D eigenvalue weighted by Crippen LogP contribution is 2.26. The van der Waals surface area contributed by atoms with Gasteiger partial charge in [-0.15, -0.1) is 0 Å². The minimum Gasteiger partial charge on any atom is -0.356 e. The lowest BCUT2D eigenvalue weighted by molar-refractivity contribution is 0.0953. The minimum atomic E-state index is -0.0514. The highest BCUT2D eigenvalue weighted by Gasteiger charge is 2.26. The molecule has 28 heavy (non-hydrogen) atoms. The van der Waals surface area contributed by atoms with Gasteiger partial charge >= 0.3 is 0 Å². The first-order valence-corrected chi connectivity index (χ1v) is 10.3. The molecule has 1 fully saturated rings. The summed E-state index contributed by atoms with van der Waals surface area (Å²) in [6.45, 7) is 3.32. The zero-order chi connectivity index (χ0) is 19.9. The van der Waals surface area contributed by atoms with Crippen LogP contribution in [0.2, 0.25) is 0 Å². The number of carbonyl (C=O) groups excluding carboxylic acids is 1. The van der Waals surface area contributed by atoms with Gasteiger partial charge in [0.25, 0.3) is 5.91 Å². The predicted octanol–water partition coefficient (Wildman–Crippen LogP) is 2.37. The molecule has 0 aliphatic carbocycles. The van der Waals surface area contributed by atoms with Crippen molar-refractivity contribution in [3.63, 3.8) is 0 Å². The van der Waals surface area contributed by atoms with E-state index in [1.807, 2.05) is 49.2 Å². The van der Waals surface area contributed by atoms with E-state index < -0.39 is 0 Å². The van der Waals surface area contributed by atoms with Crippen molar-refractivity contribution >= 4 is 27.8 Å². The minimum absolute atomic E-state index is 0.0514. The molecule has 2 heterocycles. The fraction of sp³-hybridized carbons (Fsp3) is 0.450. The van der Waals surface area contributed by atoms with Gasteiger partial charge in [0, 0.05) is 62.4 Å². The molecule has 8 heteroatoms. The summed E-state index contributed by atoms with van der Waals surface area (Å²) in [6.07, 6.45) is 5.99. The van der Waals surface area contributed by atoms with E-state index >= 15 is 0 Å². The van der Waals surface area contributed by atoms with Crippen molar-refractivity contribution in [1.82, 2.24) is 25.3 Å². The van der Waals surface area contributed by atoms with Gasteiger partial charge in [0.15, 0.2) is 5.96 Å². The van der Waals surface area contributed by atoms with Crippen molar-refractivity contribution in [2.75, 3.05) is 33.2 Å². The summed E-state index contributed by atoms with van der Waals surface area (Å²) in [4.78, 5) is 18.8. The van der Waals surface area contributed by atoms with Crippen molar-refractivity contribution < 1.29 is 4.79 Å². The van der Waals surface area contributed by atoms with Crippen LogP contribution in [-0.2, 0) is 7.05 Å². The molecular weight excluding hydrogens is 420 g/mol. The number of halogens is 1. The molecule has 0 radical (unpaired) electrons. The lowest BCUT2D eigenvalue weighted by Crippen LogP contribution is -2.41. The normalized spacial score (nSPS) is 17.0. The molecule has 0 saturated carbocycles. The summed E-state index contributed by atoms with van der Waals surface area (Å²) >= 11 is 3.39. The predicted molar refractivity (Wildman–Crippen MR) is 115 cm³/mol. The molecule has 2 aromatic rings. The molecule has 0 bridgehead atoms. The van der Waals surface area contributed by atoms with E-state index in [-0.39, 0.29) is 5.91 Å². The zero-order valence-electron chi connectivity index (χ0n) is 16.4. The average Bonchev–Trinajstić information content (AvgIpc) is 3.33. The summed E-state index contributed by atoms with van der Waals surface area (Å²) in [6, 6.07) is 7.40. The molecule has 1 aromatic carbocycles. The molecule has 1 aliphatic rings. The molecule has 3 rings (SSSR count). The zero-order valence-corrected chi connectivity index (χ0v) is 17.9. The summed E-state index contributed by atoms with van der Waals surface area (Å²) in [5.74, 6) is 1.37. The number of benzene rings is 1. The maximum absolute atomic E-state index is 12.1. The van der Waals surface area contributed by atoms with E-state index in [4.69, 9.17) is 0 Å². The smallest absolute Gasteiger partial charge is 0.251 e. The molecule has 1 aromatic heterocycles. The lowest BCUT2D eigenvalue weighted by atomic mass is 10.0. The van der Waals surface area contributed by atoms with E-state index in [0.717, 1.165) is 42.9 Å². The van der Waals surface area contributed by atoms with Gasteiger partial charge < -0.3 is 15.5 Å². The standard InChI is InChI=1S/C20H27BrN6O/c1-22-20(27-10-7-16(14-27)17-12-25-26(2)13-17)24-9-4-8-23-19(28)15-5-3-6-18(21)11-15/h3,5-6,11-13,16H,4,7-10,14H2,1-2H3,(H,22,24)(H,23,28). The monoisotopic (exact) mass is 446 g/mol. The number of guanidine groups is 1. The Bertz CT molecular complexity index is 834. The van der Waals surface area contributed by atoms with Gasteiger partial charge in [-0.1, -0.05) is 22.0 Å². The van der Waals surface area contributed by atoms with Crippen molar-refractivity contribution in [1.29, 1.82) is 0 Å². The van der Waals surface area contributed by atoms with Crippen LogP contribution in [0.25, 0.3) is 0 Å². The van der Waals surface area contributed by atoms with Crippen LogP contribution in [0.1, 0.15) is 34.7 Å². The van der Waals surface area contributed by atoms with Gasteiger partial charge in [0.1, 0.15) is 0 Å². The van der Waals surface area contributed by atoms with E-state index in [9.17, 15) is 4.79 Å². The number of aryl methyl sites for hydroxylation is 1. The quantitative estimate of drug-likeness (QED) is 0.405. The molecule has 1 saturated heterocycles. The number of nitrogens with zero attached hydrogens (tertiary/aromatic N) is 4. The largest absolute Gasteiger partial charge is 0.356 e. The van der Waals surface area contributed by atoms with Gasteiger partial charge in [-0.05, 0) is 36.6 Å². The summed E-state index contributed by atoms with van der Waals surface area (Å²) in [5.41, 5.74) is 1.95. The van der Waals surface area contributed by atoms with Crippen LogP contribution in [0.15, 0.2) is 46.1 Å². The third kappa shape index (κ3) is 5.34. The molecule has 1 unspecified atom stereocenters. The summed E-state index contributed by atoms with van der Waals surface area (Å²) in [7, 11) is 3.76. The fourth-order valence-electron chi connectivity index (χ4n) is 3.43. The number of hydrogen-bond donors (Lipinski definition) is 2. The Balaban J connectivity index is 1.38. The number of amides is 1. The molecular formula is C20H27BrN6O. The van der Waals surface area contributed by atoms with Crippen molar-refractivity contribution in [3.8, 4) is 0 Å². The van der Waals surface area contributed by atoms with Gasteiger partial charge in [0.2, 0.25) is 0 Å². The molecule has 1 atom stereocenters. The SMILES string of the molecule is CN=C(NCCCNC(=O)c1cccc(Br)c1)N1CCC(c2cnn(C)c2)C1. The molecule has 0 spiro atoms. The molecule has 1 aliphatic heterocycles. The number of aromatic nitrogens is 2. The molecule has 2 N–H and O–H groups in total. The summed E-state index contributed by atoms with van der Waals surface area (Å²) in [5, 5.41) is 10.6. The van der Waals surface area contributed by atoms with Crippen LogP contribution in [-0.4, -0.2) is 59.8 Å². The highest BCUT2D eigenvalue weighted by atomic mass is 79.9. The Morgan fingerprint density at radius 2 is 2.18 bits per heavy atom. The van der Waals surface area contributed by atoms with Crippen LogP contribution >= 0.6 is 15.9 Å². The lowest BCUT2D eigenvalue weighted by Gasteiger charge is -2.21. The van der Waals surface area contributed by atoms with Gasteiger partial charge in [-0.3, -0.25) is 14.5 Å². The second kappa shape index (κ2) is 9.73. The molecule has 1 amide bonds. The van der Waals surface area contributed by atoms with Gasteiger partial charge in [-0.25, -0.2) is 0 Å². The summed E-state index contributed by atoms with van der Waals surface area (Å²) < 4.78 is 2.76. The average molecular weight is 447 g/mol. The van der Waals surface area contributed by atoms with E-state index in [2.05, 4.69) is 47.8 Å². The molecule has 7 nitrogen and oxygen atoms in total. The second-order valence-electron chi connectivity index (χ2n) is 6.97. The Morgan fingerprint density at radius 1 is 1.36 bits per heavy atom. The van der Waals surface area contributed by atoms with Crippen molar-refractivity contribution in [2.45, 2.75) is 18.8 Å². The van der Waals surface area contributed by atoms with Gasteiger partial charge in [-0.2, -0.15) is 5.10 Å². The Morgan fingerprint density at radius 3 is 2.89 bits per heavy atom. The number of aliphatic imine (C=N–C) groups is 1. The van der Waals surface area contributed by atoms with Crippen LogP contribution in [0.4, 0.5) is 0 Å². The van der Waals surface area contributed by atoms with Crippen molar-refractivity contribution in [3.05, 3.63) is 52.3 Å². The first-order valence-electron chi connectivity index (χ1n) is 9.54. The van der Waals surface area contributed by atoms with Crippen LogP contribution < -0.4 is 10.6 Å². The Kier molecular flexibility index (Phi) is 7.08. The number of nitrogens with one attached hydrogen (secondary N) is 2. The molecule has 150 valence electrons. The van der Waals surface area contributed by atoms with Crippen LogP contribution in [0, 0.1) is 0 Å². The van der Waals surface area contributed by atoms with E-state index in [1.54, 1.807) is 0 Å². The maximum Gasteiger partial charge on any atom is 0.251 e. The first kappa shape index (κ1) is 20.4. The Labute approximate surface area is 174 Å². The third-order valence-electron chi connectivity index (χ3n) is 4.90. The third-order valence-corrected chi connectivity index (χ3v) is 5.40. The maximum atomic E-state index is 12.1. The number of carbonyl (C=O) groups is 1. The Hall–Kier alpha value is -2.35. The number of hydrogen-bond acceptors (Lipinski definition) is 3. The van der Waals surface area contributed by atoms with Crippen LogP contribution in [0.3, 0.4) is 0 Å². The van der Waals surface area contributed by atoms with Crippen molar-refractivity contribution in [2.24, 2.45) is 12.0 Å². The van der Waals surface area contributed by atoms with Gasteiger partial charge in [0.05, 0.1) is 6.20 Å². The highest BCUT2D eigenvalue weighted by molar-refractivity contribution is 9.10. The van der Waals surface area contributed by atoms with E-state index in [0.29, 0.717) is 18.0 Å². The van der Waals surface area contributed by atoms with Crippen LogP contribution in [0.5, 0.6) is 0 Å². The number of rotatable bonds is 6. The second-order valence-corrected chi connectivity index (χ2v) is 7.89. The topological polar surface area (TPSA) is 74.6 Å². The number of likely N-dealkylation sites (tertiary alicyclic amines) is 1. The fourth-order valence-corrected chi connectivity index (χ4v) is 3.83. The first-order chi connectivity index (χ1) is 13.6. The van der Waals surface area contributed by atoms with E-state index in [1.165, 1.54) is 5.56 Å².